The lowest BCUT2D eigenvalue weighted by molar-refractivity contribution is -0.121. The van der Waals surface area contributed by atoms with E-state index in [9.17, 15) is 4.79 Å². The van der Waals surface area contributed by atoms with Crippen LogP contribution in [-0.4, -0.2) is 48.2 Å². The fraction of sp³-hybridized carbons (Fsp3) is 0.382. The Kier molecular flexibility index (Phi) is 10.4. The van der Waals surface area contributed by atoms with Crippen LogP contribution in [-0.2, 0) is 11.3 Å². The first-order chi connectivity index (χ1) is 19.4. The number of ether oxygens (including phenoxy) is 1. The summed E-state index contributed by atoms with van der Waals surface area (Å²) < 4.78 is 22.7. The van der Waals surface area contributed by atoms with Crippen LogP contribution in [0.4, 0.5) is 4.39 Å². The predicted molar refractivity (Wildman–Crippen MR) is 162 cm³/mol. The van der Waals surface area contributed by atoms with E-state index in [1.165, 1.54) is 6.07 Å². The van der Waals surface area contributed by atoms with Gasteiger partial charge in [-0.15, -0.1) is 0 Å². The highest BCUT2D eigenvalue weighted by Crippen LogP contribution is 2.36. The van der Waals surface area contributed by atoms with Gasteiger partial charge in [0.2, 0.25) is 5.91 Å². The minimum absolute atomic E-state index is 0.0562. The summed E-state index contributed by atoms with van der Waals surface area (Å²) in [4.78, 5) is 15.8. The van der Waals surface area contributed by atoms with Crippen LogP contribution in [0.3, 0.4) is 0 Å². The average molecular weight is 544 g/mol. The van der Waals surface area contributed by atoms with E-state index in [-0.39, 0.29) is 24.2 Å². The molecule has 0 saturated heterocycles. The monoisotopic (exact) mass is 543 g/mol. The van der Waals surface area contributed by atoms with Crippen molar-refractivity contribution in [2.75, 3.05) is 26.7 Å². The van der Waals surface area contributed by atoms with Gasteiger partial charge in [0.15, 0.2) is 0 Å². The molecule has 1 amide bonds. The van der Waals surface area contributed by atoms with E-state index in [0.717, 1.165) is 60.3 Å². The number of hydrogen-bond acceptors (Lipinski definition) is 3. The number of carbonyl (C=O) groups is 1. The second-order valence-corrected chi connectivity index (χ2v) is 10.5. The van der Waals surface area contributed by atoms with Crippen LogP contribution in [0.15, 0.2) is 79.0 Å². The molecule has 0 spiro atoms. The molecule has 0 radical (unpaired) electrons. The normalized spacial score (nSPS) is 12.9. The number of benzene rings is 3. The van der Waals surface area contributed by atoms with Crippen molar-refractivity contribution in [3.63, 3.8) is 0 Å². The number of fused-ring (bicyclic) bond motifs is 1. The number of rotatable bonds is 14. The Labute approximate surface area is 238 Å². The number of aromatic nitrogens is 1. The second-order valence-electron chi connectivity index (χ2n) is 10.5. The number of halogens is 1. The highest BCUT2D eigenvalue weighted by atomic mass is 19.1. The molecular weight excluding hydrogens is 501 g/mol. The summed E-state index contributed by atoms with van der Waals surface area (Å²) in [5.41, 5.74) is 3.68. The maximum Gasteiger partial charge on any atom is 0.221 e. The van der Waals surface area contributed by atoms with E-state index < -0.39 is 5.92 Å². The largest absolute Gasteiger partial charge is 0.497 e. The van der Waals surface area contributed by atoms with Gasteiger partial charge in [0.1, 0.15) is 11.6 Å². The molecule has 2 atom stereocenters. The summed E-state index contributed by atoms with van der Waals surface area (Å²) in [6, 6.07) is 23.1. The molecule has 5 nitrogen and oxygen atoms in total. The number of hydrogen-bond donors (Lipinski definition) is 1. The third kappa shape index (κ3) is 7.30. The summed E-state index contributed by atoms with van der Waals surface area (Å²) in [7, 11) is 1.66. The van der Waals surface area contributed by atoms with Crippen LogP contribution in [0, 0.1) is 5.82 Å². The van der Waals surface area contributed by atoms with E-state index in [4.69, 9.17) is 4.74 Å². The predicted octanol–water partition coefficient (Wildman–Crippen LogP) is 6.99. The zero-order valence-electron chi connectivity index (χ0n) is 24.2. The molecule has 6 heteroatoms. The van der Waals surface area contributed by atoms with Gasteiger partial charge in [0.05, 0.1) is 7.11 Å². The van der Waals surface area contributed by atoms with Crippen molar-refractivity contribution >= 4 is 16.8 Å². The maximum atomic E-state index is 15.2. The van der Waals surface area contributed by atoms with Crippen molar-refractivity contribution in [2.45, 2.75) is 58.5 Å². The van der Waals surface area contributed by atoms with Crippen molar-refractivity contribution < 1.29 is 13.9 Å². The molecular formula is C34H42FN3O2. The minimum atomic E-state index is -0.411. The Balaban J connectivity index is 1.59. The van der Waals surface area contributed by atoms with Crippen LogP contribution in [0.2, 0.25) is 0 Å². The topological polar surface area (TPSA) is 46.5 Å². The van der Waals surface area contributed by atoms with Crippen molar-refractivity contribution in [1.82, 2.24) is 14.8 Å². The maximum absolute atomic E-state index is 15.2. The highest BCUT2D eigenvalue weighted by molar-refractivity contribution is 5.87. The fourth-order valence-electron chi connectivity index (χ4n) is 5.51. The smallest absolute Gasteiger partial charge is 0.221 e. The SMILES string of the molecule is CCN(CC)CCC[C@H](C)NC(=O)C[C@@H](c1ccccc1F)c1cn(Cc2ccc(OC)cc2)c2ccccc12. The molecule has 0 fully saturated rings. The van der Waals surface area contributed by atoms with Gasteiger partial charge in [0, 0.05) is 42.0 Å². The molecule has 0 aliphatic carbocycles. The number of methoxy groups -OCH3 is 1. The first-order valence-electron chi connectivity index (χ1n) is 14.4. The number of carbonyl (C=O) groups excluding carboxylic acids is 1. The standard InChI is InChI=1S/C34H42FN3O2/c1-5-37(6-2)21-11-12-25(3)36-34(39)22-30(28-13-7-9-15-32(28)35)31-24-38(33-16-10-8-14-29(31)33)23-26-17-19-27(40-4)20-18-26/h7-10,13-20,24-25,30H,5-6,11-12,21-23H2,1-4H3,(H,36,39)/t25-,30-/m0/s1. The molecule has 40 heavy (non-hydrogen) atoms. The fourth-order valence-corrected chi connectivity index (χ4v) is 5.51. The third-order valence-corrected chi connectivity index (χ3v) is 7.79. The van der Waals surface area contributed by atoms with Gasteiger partial charge < -0.3 is 19.5 Å². The lowest BCUT2D eigenvalue weighted by Gasteiger charge is -2.21. The zero-order chi connectivity index (χ0) is 28.5. The molecule has 0 unspecified atom stereocenters. The Morgan fingerprint density at radius 3 is 2.38 bits per heavy atom. The molecule has 0 aliphatic heterocycles. The van der Waals surface area contributed by atoms with Crippen molar-refractivity contribution in [3.8, 4) is 5.75 Å². The van der Waals surface area contributed by atoms with Crippen molar-refractivity contribution in [3.05, 3.63) is 102 Å². The van der Waals surface area contributed by atoms with Crippen LogP contribution >= 0.6 is 0 Å². The van der Waals surface area contributed by atoms with Crippen LogP contribution in [0.1, 0.15) is 62.6 Å². The highest BCUT2D eigenvalue weighted by Gasteiger charge is 2.25. The summed E-state index contributed by atoms with van der Waals surface area (Å²) >= 11 is 0. The molecule has 1 aromatic heterocycles. The van der Waals surface area contributed by atoms with Gasteiger partial charge in [-0.2, -0.15) is 0 Å². The van der Waals surface area contributed by atoms with E-state index in [1.54, 1.807) is 19.2 Å². The Bertz CT molecular complexity index is 1380. The molecule has 212 valence electrons. The Morgan fingerprint density at radius 1 is 0.975 bits per heavy atom. The van der Waals surface area contributed by atoms with Gasteiger partial charge in [-0.25, -0.2) is 4.39 Å². The van der Waals surface area contributed by atoms with Crippen LogP contribution in [0.25, 0.3) is 10.9 Å². The average Bonchev–Trinajstić information content (AvgIpc) is 3.33. The number of amides is 1. The quantitative estimate of drug-likeness (QED) is 0.187. The van der Waals surface area contributed by atoms with Crippen LogP contribution < -0.4 is 10.1 Å². The molecule has 0 saturated carbocycles. The summed E-state index contributed by atoms with van der Waals surface area (Å²) in [5, 5.41) is 4.22. The molecule has 4 aromatic rings. The first kappa shape index (κ1) is 29.3. The van der Waals surface area contributed by atoms with E-state index >= 15 is 4.39 Å². The van der Waals surface area contributed by atoms with Crippen LogP contribution in [0.5, 0.6) is 5.75 Å². The second kappa shape index (κ2) is 14.1. The van der Waals surface area contributed by atoms with E-state index in [0.29, 0.717) is 12.1 Å². The van der Waals surface area contributed by atoms with Crippen molar-refractivity contribution in [2.24, 2.45) is 0 Å². The summed E-state index contributed by atoms with van der Waals surface area (Å²) in [6.07, 6.45) is 4.21. The Hall–Kier alpha value is -3.64. The molecule has 0 bridgehead atoms. The molecule has 1 heterocycles. The summed E-state index contributed by atoms with van der Waals surface area (Å²) in [6.45, 7) is 10.2. The zero-order valence-corrected chi connectivity index (χ0v) is 24.2. The molecule has 0 aliphatic rings. The van der Waals surface area contributed by atoms with Gasteiger partial charge >= 0.3 is 0 Å². The summed E-state index contributed by atoms with van der Waals surface area (Å²) in [5.74, 6) is 0.0518. The first-order valence-corrected chi connectivity index (χ1v) is 14.4. The van der Waals surface area contributed by atoms with Gasteiger partial charge in [-0.1, -0.05) is 62.4 Å². The number of para-hydroxylation sites is 1. The number of nitrogens with zero attached hydrogens (tertiary/aromatic N) is 2. The van der Waals surface area contributed by atoms with Gasteiger partial charge in [-0.3, -0.25) is 4.79 Å². The lowest BCUT2D eigenvalue weighted by atomic mass is 9.87. The van der Waals surface area contributed by atoms with Gasteiger partial charge in [-0.05, 0) is 80.4 Å². The minimum Gasteiger partial charge on any atom is -0.497 e. The molecule has 4 rings (SSSR count). The lowest BCUT2D eigenvalue weighted by Crippen LogP contribution is -2.34. The molecule has 1 N–H and O–H groups in total. The number of nitrogens with one attached hydrogen (secondary N) is 1. The van der Waals surface area contributed by atoms with Crippen molar-refractivity contribution in [1.29, 1.82) is 0 Å². The molecule has 3 aromatic carbocycles. The van der Waals surface area contributed by atoms with Gasteiger partial charge in [0.25, 0.3) is 0 Å². The van der Waals surface area contributed by atoms with E-state index in [2.05, 4.69) is 66.0 Å². The Morgan fingerprint density at radius 2 is 1.68 bits per heavy atom. The third-order valence-electron chi connectivity index (χ3n) is 7.79. The van der Waals surface area contributed by atoms with E-state index in [1.807, 2.05) is 30.3 Å².